The minimum Gasteiger partial charge on any atom is -0.324 e. The zero-order chi connectivity index (χ0) is 8.77. The second-order valence-electron chi connectivity index (χ2n) is 4.93. The van der Waals surface area contributed by atoms with Gasteiger partial charge in [0.1, 0.15) is 0 Å². The molecule has 1 unspecified atom stereocenters. The highest BCUT2D eigenvalue weighted by atomic mass is 15.2. The van der Waals surface area contributed by atoms with E-state index in [1.54, 1.807) is 0 Å². The molecule has 0 amide bonds. The topological polar surface area (TPSA) is 29.3 Å². The molecule has 2 saturated carbocycles. The summed E-state index contributed by atoms with van der Waals surface area (Å²) in [6, 6.07) is 0.853. The van der Waals surface area contributed by atoms with Crippen molar-refractivity contribution in [2.24, 2.45) is 11.7 Å². The molecule has 0 aromatic carbocycles. The Bertz CT molecular complexity index is 169. The van der Waals surface area contributed by atoms with Crippen molar-refractivity contribution >= 4 is 0 Å². The summed E-state index contributed by atoms with van der Waals surface area (Å²) in [5.74, 6) is 0.804. The molecule has 70 valence electrons. The zero-order valence-electron chi connectivity index (χ0n) is 8.21. The van der Waals surface area contributed by atoms with Crippen LogP contribution in [0.3, 0.4) is 0 Å². The van der Waals surface area contributed by atoms with Gasteiger partial charge in [-0.3, -0.25) is 0 Å². The van der Waals surface area contributed by atoms with Gasteiger partial charge in [0.15, 0.2) is 0 Å². The van der Waals surface area contributed by atoms with Crippen LogP contribution >= 0.6 is 0 Å². The molecule has 2 aliphatic carbocycles. The van der Waals surface area contributed by atoms with Gasteiger partial charge in [0.25, 0.3) is 0 Å². The molecule has 2 nitrogen and oxygen atoms in total. The molecule has 0 radical (unpaired) electrons. The lowest BCUT2D eigenvalue weighted by atomic mass is 9.97. The van der Waals surface area contributed by atoms with Crippen LogP contribution in [0.4, 0.5) is 0 Å². The van der Waals surface area contributed by atoms with E-state index in [4.69, 9.17) is 5.73 Å². The fourth-order valence-corrected chi connectivity index (χ4v) is 2.05. The Kier molecular flexibility index (Phi) is 1.92. The molecule has 2 rings (SSSR count). The molecular weight excluding hydrogens is 148 g/mol. The summed E-state index contributed by atoms with van der Waals surface area (Å²) in [4.78, 5) is 2.44. The predicted octanol–water partition coefficient (Wildman–Crippen LogP) is 1.21. The van der Waals surface area contributed by atoms with Crippen LogP contribution in [0.2, 0.25) is 0 Å². The maximum absolute atomic E-state index is 6.25. The van der Waals surface area contributed by atoms with E-state index in [0.717, 1.165) is 18.5 Å². The Morgan fingerprint density at radius 1 is 1.33 bits per heavy atom. The standard InChI is InChI=1S/C10H20N2/c1-10(11,8-3-4-8)7-12(2)9-5-6-9/h8-9H,3-7,11H2,1-2H3. The molecule has 0 aliphatic heterocycles. The van der Waals surface area contributed by atoms with E-state index in [-0.39, 0.29) is 5.54 Å². The van der Waals surface area contributed by atoms with Crippen molar-refractivity contribution in [1.29, 1.82) is 0 Å². The van der Waals surface area contributed by atoms with Crippen LogP contribution in [0.25, 0.3) is 0 Å². The summed E-state index contributed by atoms with van der Waals surface area (Å²) in [6.07, 6.45) is 5.48. The first-order chi connectivity index (χ1) is 5.59. The maximum Gasteiger partial charge on any atom is 0.0283 e. The van der Waals surface area contributed by atoms with E-state index < -0.39 is 0 Å². The summed E-state index contributed by atoms with van der Waals surface area (Å²) >= 11 is 0. The van der Waals surface area contributed by atoms with Crippen LogP contribution in [0.5, 0.6) is 0 Å². The number of rotatable bonds is 4. The molecule has 0 saturated heterocycles. The Hall–Kier alpha value is -0.0800. The summed E-state index contributed by atoms with van der Waals surface area (Å²) < 4.78 is 0. The summed E-state index contributed by atoms with van der Waals surface area (Å²) in [7, 11) is 2.21. The Balaban J connectivity index is 1.82. The molecule has 1 atom stereocenters. The lowest BCUT2D eigenvalue weighted by Gasteiger charge is -2.30. The minimum atomic E-state index is 0.0807. The number of hydrogen-bond donors (Lipinski definition) is 1. The largest absolute Gasteiger partial charge is 0.324 e. The van der Waals surface area contributed by atoms with Crippen molar-refractivity contribution < 1.29 is 0 Å². The fourth-order valence-electron chi connectivity index (χ4n) is 2.05. The molecule has 2 fully saturated rings. The molecule has 12 heavy (non-hydrogen) atoms. The summed E-state index contributed by atoms with van der Waals surface area (Å²) in [5.41, 5.74) is 6.33. The van der Waals surface area contributed by atoms with Gasteiger partial charge in [-0.05, 0) is 45.6 Å². The SMILES string of the molecule is CN(CC(C)(N)C1CC1)C1CC1. The van der Waals surface area contributed by atoms with E-state index in [0.29, 0.717) is 0 Å². The van der Waals surface area contributed by atoms with Crippen LogP contribution in [0.1, 0.15) is 32.6 Å². The molecule has 0 aromatic rings. The molecule has 0 bridgehead atoms. The molecule has 0 heterocycles. The van der Waals surface area contributed by atoms with E-state index >= 15 is 0 Å². The molecule has 2 aliphatic rings. The zero-order valence-corrected chi connectivity index (χ0v) is 8.21. The highest BCUT2D eigenvalue weighted by Gasteiger charge is 2.40. The number of nitrogens with two attached hydrogens (primary N) is 1. The van der Waals surface area contributed by atoms with Gasteiger partial charge in [-0.1, -0.05) is 0 Å². The molecular formula is C10H20N2. The lowest BCUT2D eigenvalue weighted by Crippen LogP contribution is -2.49. The van der Waals surface area contributed by atoms with Gasteiger partial charge >= 0.3 is 0 Å². The minimum absolute atomic E-state index is 0.0807. The maximum atomic E-state index is 6.25. The van der Waals surface area contributed by atoms with Crippen molar-refractivity contribution in [3.05, 3.63) is 0 Å². The second kappa shape index (κ2) is 2.71. The van der Waals surface area contributed by atoms with Gasteiger partial charge in [0.05, 0.1) is 0 Å². The predicted molar refractivity (Wildman–Crippen MR) is 51.0 cm³/mol. The number of nitrogens with zero attached hydrogens (tertiary/aromatic N) is 1. The second-order valence-corrected chi connectivity index (χ2v) is 4.93. The van der Waals surface area contributed by atoms with E-state index in [1.807, 2.05) is 0 Å². The number of hydrogen-bond acceptors (Lipinski definition) is 2. The van der Waals surface area contributed by atoms with Crippen LogP contribution in [0, 0.1) is 5.92 Å². The van der Waals surface area contributed by atoms with E-state index in [2.05, 4.69) is 18.9 Å². The van der Waals surface area contributed by atoms with Gasteiger partial charge in [0.2, 0.25) is 0 Å². The Morgan fingerprint density at radius 2 is 1.92 bits per heavy atom. The summed E-state index contributed by atoms with van der Waals surface area (Å²) in [5, 5.41) is 0. The van der Waals surface area contributed by atoms with E-state index in [1.165, 1.54) is 25.7 Å². The van der Waals surface area contributed by atoms with Gasteiger partial charge in [0, 0.05) is 18.1 Å². The Morgan fingerprint density at radius 3 is 2.33 bits per heavy atom. The lowest BCUT2D eigenvalue weighted by molar-refractivity contribution is 0.231. The molecule has 0 spiro atoms. The van der Waals surface area contributed by atoms with Gasteiger partial charge in [-0.25, -0.2) is 0 Å². The highest BCUT2D eigenvalue weighted by molar-refractivity contribution is 4.98. The van der Waals surface area contributed by atoms with Gasteiger partial charge in [-0.15, -0.1) is 0 Å². The molecule has 2 heteroatoms. The van der Waals surface area contributed by atoms with Crippen molar-refractivity contribution in [2.75, 3.05) is 13.6 Å². The van der Waals surface area contributed by atoms with Gasteiger partial charge < -0.3 is 10.6 Å². The molecule has 0 aromatic heterocycles. The third-order valence-corrected chi connectivity index (χ3v) is 3.27. The van der Waals surface area contributed by atoms with Crippen LogP contribution in [0.15, 0.2) is 0 Å². The first kappa shape index (κ1) is 8.52. The van der Waals surface area contributed by atoms with Crippen molar-refractivity contribution in [3.8, 4) is 0 Å². The highest BCUT2D eigenvalue weighted by Crippen LogP contribution is 2.39. The third-order valence-electron chi connectivity index (χ3n) is 3.27. The van der Waals surface area contributed by atoms with Crippen LogP contribution in [-0.2, 0) is 0 Å². The van der Waals surface area contributed by atoms with Gasteiger partial charge in [-0.2, -0.15) is 0 Å². The first-order valence-electron chi connectivity index (χ1n) is 5.09. The Labute approximate surface area is 75.1 Å². The molecule has 2 N–H and O–H groups in total. The first-order valence-corrected chi connectivity index (χ1v) is 5.09. The quantitative estimate of drug-likeness (QED) is 0.683. The van der Waals surface area contributed by atoms with Crippen molar-refractivity contribution in [1.82, 2.24) is 4.90 Å². The number of likely N-dealkylation sites (N-methyl/N-ethyl adjacent to an activating group) is 1. The average Bonchev–Trinajstić information content (AvgIpc) is 2.83. The van der Waals surface area contributed by atoms with E-state index in [9.17, 15) is 0 Å². The third kappa shape index (κ3) is 1.80. The normalized spacial score (nSPS) is 29.0. The van der Waals surface area contributed by atoms with Crippen LogP contribution in [-0.4, -0.2) is 30.1 Å². The van der Waals surface area contributed by atoms with Crippen molar-refractivity contribution in [3.63, 3.8) is 0 Å². The smallest absolute Gasteiger partial charge is 0.0283 e. The average molecular weight is 168 g/mol. The van der Waals surface area contributed by atoms with Crippen LogP contribution < -0.4 is 5.73 Å². The fraction of sp³-hybridized carbons (Fsp3) is 1.00. The summed E-state index contributed by atoms with van der Waals surface area (Å²) in [6.45, 7) is 3.30. The monoisotopic (exact) mass is 168 g/mol. The van der Waals surface area contributed by atoms with Crippen molar-refractivity contribution in [2.45, 2.75) is 44.2 Å².